The number of hydrogen-bond acceptors (Lipinski definition) is 6. The van der Waals surface area contributed by atoms with Gasteiger partial charge >= 0.3 is 0 Å². The number of anilines is 1. The number of nitrogens with zero attached hydrogens (tertiary/aromatic N) is 4. The largest absolute Gasteiger partial charge is 0.378 e. The van der Waals surface area contributed by atoms with Crippen molar-refractivity contribution in [2.75, 3.05) is 31.2 Å². The van der Waals surface area contributed by atoms with E-state index in [-0.39, 0.29) is 11.1 Å². The summed E-state index contributed by atoms with van der Waals surface area (Å²) in [4.78, 5) is 14.6. The van der Waals surface area contributed by atoms with Crippen LogP contribution in [-0.4, -0.2) is 41.3 Å². The predicted octanol–water partition coefficient (Wildman–Crippen LogP) is 2.79. The Morgan fingerprint density at radius 2 is 2.09 bits per heavy atom. The fourth-order valence-electron chi connectivity index (χ4n) is 2.08. The molecule has 0 spiro atoms. The van der Waals surface area contributed by atoms with Crippen LogP contribution in [0.1, 0.15) is 5.69 Å². The van der Waals surface area contributed by atoms with Crippen molar-refractivity contribution in [1.82, 2.24) is 15.0 Å². The van der Waals surface area contributed by atoms with Crippen LogP contribution in [0.3, 0.4) is 0 Å². The summed E-state index contributed by atoms with van der Waals surface area (Å²) < 4.78 is 18.2. The van der Waals surface area contributed by atoms with Crippen LogP contribution in [-0.2, 0) is 10.5 Å². The molecule has 1 aliphatic heterocycles. The third-order valence-corrected chi connectivity index (χ3v) is 4.29. The SMILES string of the molecule is Fc1ccc(SCc2cc(N3CCOCC3)nc(Cl)n2)nc1. The molecule has 0 aromatic carbocycles. The van der Waals surface area contributed by atoms with Crippen molar-refractivity contribution in [3.05, 3.63) is 41.2 Å². The van der Waals surface area contributed by atoms with Crippen molar-refractivity contribution in [2.24, 2.45) is 0 Å². The molecule has 2 aromatic rings. The molecule has 0 unspecified atom stereocenters. The van der Waals surface area contributed by atoms with Gasteiger partial charge in [0.05, 0.1) is 30.1 Å². The van der Waals surface area contributed by atoms with Crippen LogP contribution in [0.5, 0.6) is 0 Å². The van der Waals surface area contributed by atoms with E-state index in [2.05, 4.69) is 19.9 Å². The average molecular weight is 341 g/mol. The van der Waals surface area contributed by atoms with Crippen molar-refractivity contribution in [2.45, 2.75) is 10.8 Å². The molecule has 2 aromatic heterocycles. The predicted molar refractivity (Wildman–Crippen MR) is 83.8 cm³/mol. The Labute approximate surface area is 136 Å². The van der Waals surface area contributed by atoms with Crippen molar-refractivity contribution in [1.29, 1.82) is 0 Å². The molecule has 3 rings (SSSR count). The zero-order chi connectivity index (χ0) is 15.4. The van der Waals surface area contributed by atoms with Crippen LogP contribution in [0.15, 0.2) is 29.4 Å². The Morgan fingerprint density at radius 3 is 2.82 bits per heavy atom. The Morgan fingerprint density at radius 1 is 1.27 bits per heavy atom. The van der Waals surface area contributed by atoms with Gasteiger partial charge in [0.15, 0.2) is 0 Å². The molecule has 0 aliphatic carbocycles. The van der Waals surface area contributed by atoms with E-state index < -0.39 is 0 Å². The molecule has 1 saturated heterocycles. The molecule has 5 nitrogen and oxygen atoms in total. The van der Waals surface area contributed by atoms with Gasteiger partial charge in [-0.15, -0.1) is 11.8 Å². The van der Waals surface area contributed by atoms with Crippen LogP contribution in [0.4, 0.5) is 10.2 Å². The fraction of sp³-hybridized carbons (Fsp3) is 0.357. The number of aromatic nitrogens is 3. The van der Waals surface area contributed by atoms with Crippen molar-refractivity contribution < 1.29 is 9.13 Å². The smallest absolute Gasteiger partial charge is 0.224 e. The molecule has 0 amide bonds. The van der Waals surface area contributed by atoms with Gasteiger partial charge in [0.1, 0.15) is 11.6 Å². The van der Waals surface area contributed by atoms with Crippen LogP contribution in [0.25, 0.3) is 0 Å². The third kappa shape index (κ3) is 4.06. The number of halogens is 2. The molecular weight excluding hydrogens is 327 g/mol. The Balaban J connectivity index is 1.70. The maximum Gasteiger partial charge on any atom is 0.224 e. The molecule has 116 valence electrons. The van der Waals surface area contributed by atoms with Crippen molar-refractivity contribution in [3.63, 3.8) is 0 Å². The van der Waals surface area contributed by atoms with E-state index in [9.17, 15) is 4.39 Å². The van der Waals surface area contributed by atoms with E-state index in [1.165, 1.54) is 24.0 Å². The van der Waals surface area contributed by atoms with E-state index >= 15 is 0 Å². The number of hydrogen-bond donors (Lipinski definition) is 0. The number of pyridine rings is 1. The van der Waals surface area contributed by atoms with E-state index in [1.54, 1.807) is 6.07 Å². The standard InChI is InChI=1S/C14H14ClFN4OS/c15-14-18-11(9-22-13-2-1-10(16)8-17-13)7-12(19-14)20-3-5-21-6-4-20/h1-2,7-8H,3-6,9H2. The molecular formula is C14H14ClFN4OS. The molecule has 0 bridgehead atoms. The van der Waals surface area contributed by atoms with Crippen molar-refractivity contribution >= 4 is 29.2 Å². The van der Waals surface area contributed by atoms with Gasteiger partial charge in [-0.1, -0.05) is 0 Å². The summed E-state index contributed by atoms with van der Waals surface area (Å²) in [5.41, 5.74) is 0.817. The average Bonchev–Trinajstić information content (AvgIpc) is 2.55. The molecule has 8 heteroatoms. The summed E-state index contributed by atoms with van der Waals surface area (Å²) in [6.07, 6.45) is 1.20. The zero-order valence-corrected chi connectivity index (χ0v) is 13.3. The van der Waals surface area contributed by atoms with E-state index in [4.69, 9.17) is 16.3 Å². The van der Waals surface area contributed by atoms with Crippen LogP contribution in [0.2, 0.25) is 5.28 Å². The van der Waals surface area contributed by atoms with E-state index in [1.807, 2.05) is 6.07 Å². The lowest BCUT2D eigenvalue weighted by atomic mass is 10.3. The number of morpholine rings is 1. The zero-order valence-electron chi connectivity index (χ0n) is 11.7. The molecule has 22 heavy (non-hydrogen) atoms. The number of rotatable bonds is 4. The van der Waals surface area contributed by atoms with Crippen LogP contribution >= 0.6 is 23.4 Å². The highest BCUT2D eigenvalue weighted by Crippen LogP contribution is 2.23. The summed E-state index contributed by atoms with van der Waals surface area (Å²) in [5, 5.41) is 0.968. The van der Waals surface area contributed by atoms with Gasteiger partial charge in [0.2, 0.25) is 5.28 Å². The summed E-state index contributed by atoms with van der Waals surface area (Å²) >= 11 is 7.49. The van der Waals surface area contributed by atoms with Gasteiger partial charge in [0.25, 0.3) is 0 Å². The normalized spacial score (nSPS) is 15.1. The highest BCUT2D eigenvalue weighted by atomic mass is 35.5. The number of thioether (sulfide) groups is 1. The molecule has 0 saturated carbocycles. The quantitative estimate of drug-likeness (QED) is 0.630. The lowest BCUT2D eigenvalue weighted by Crippen LogP contribution is -2.36. The van der Waals surface area contributed by atoms with Gasteiger partial charge in [-0.3, -0.25) is 0 Å². The summed E-state index contributed by atoms with van der Waals surface area (Å²) in [7, 11) is 0. The minimum Gasteiger partial charge on any atom is -0.378 e. The first-order valence-electron chi connectivity index (χ1n) is 6.81. The molecule has 1 aliphatic rings. The molecule has 0 atom stereocenters. The maximum atomic E-state index is 12.8. The first kappa shape index (κ1) is 15.5. The minimum atomic E-state index is -0.343. The lowest BCUT2D eigenvalue weighted by Gasteiger charge is -2.27. The van der Waals surface area contributed by atoms with Crippen LogP contribution < -0.4 is 4.90 Å². The molecule has 1 fully saturated rings. The first-order chi connectivity index (χ1) is 10.7. The molecule has 0 N–H and O–H groups in total. The van der Waals surface area contributed by atoms with Gasteiger partial charge in [-0.2, -0.15) is 0 Å². The van der Waals surface area contributed by atoms with Crippen molar-refractivity contribution in [3.8, 4) is 0 Å². The monoisotopic (exact) mass is 340 g/mol. The van der Waals surface area contributed by atoms with E-state index in [0.29, 0.717) is 19.0 Å². The Kier molecular flexibility index (Phi) is 5.07. The van der Waals surface area contributed by atoms with Gasteiger partial charge in [0, 0.05) is 24.9 Å². The van der Waals surface area contributed by atoms with Gasteiger partial charge in [-0.05, 0) is 23.7 Å². The third-order valence-electron chi connectivity index (χ3n) is 3.14. The van der Waals surface area contributed by atoms with Gasteiger partial charge in [-0.25, -0.2) is 19.3 Å². The summed E-state index contributed by atoms with van der Waals surface area (Å²) in [6.45, 7) is 2.95. The second-order valence-corrected chi connectivity index (χ2v) is 6.02. The highest BCUT2D eigenvalue weighted by molar-refractivity contribution is 7.98. The fourth-order valence-corrected chi connectivity index (χ4v) is 3.01. The summed E-state index contributed by atoms with van der Waals surface area (Å²) in [5.74, 6) is 1.06. The maximum absolute atomic E-state index is 12.8. The Hall–Kier alpha value is -1.44. The second-order valence-electron chi connectivity index (χ2n) is 4.69. The van der Waals surface area contributed by atoms with E-state index in [0.717, 1.165) is 29.6 Å². The van der Waals surface area contributed by atoms with Gasteiger partial charge < -0.3 is 9.64 Å². The highest BCUT2D eigenvalue weighted by Gasteiger charge is 2.14. The summed E-state index contributed by atoms with van der Waals surface area (Å²) in [6, 6.07) is 4.96. The second kappa shape index (κ2) is 7.21. The topological polar surface area (TPSA) is 51.1 Å². The lowest BCUT2D eigenvalue weighted by molar-refractivity contribution is 0.122. The van der Waals surface area contributed by atoms with Crippen LogP contribution in [0, 0.1) is 5.82 Å². The minimum absolute atomic E-state index is 0.228. The number of ether oxygens (including phenoxy) is 1. The molecule has 3 heterocycles. The molecule has 0 radical (unpaired) electrons. The Bertz CT molecular complexity index is 637. The first-order valence-corrected chi connectivity index (χ1v) is 8.17.